The van der Waals surface area contributed by atoms with Gasteiger partial charge in [0.25, 0.3) is 11.1 Å². The molecule has 1 aliphatic heterocycles. The number of nitrogens with one attached hydrogen (secondary N) is 1. The first-order valence-electron chi connectivity index (χ1n) is 10.7. The van der Waals surface area contributed by atoms with Crippen molar-refractivity contribution in [2.45, 2.75) is 6.92 Å². The van der Waals surface area contributed by atoms with E-state index < -0.39 is 42.1 Å². The number of imide groups is 1. The minimum Gasteiger partial charge on any atom is -0.490 e. The maximum absolute atomic E-state index is 12.8. The highest BCUT2D eigenvalue weighted by molar-refractivity contribution is 8.18. The van der Waals surface area contributed by atoms with Gasteiger partial charge in [0.05, 0.1) is 29.2 Å². The van der Waals surface area contributed by atoms with Gasteiger partial charge >= 0.3 is 11.9 Å². The van der Waals surface area contributed by atoms with E-state index in [9.17, 15) is 24.0 Å². The second kappa shape index (κ2) is 12.3. The molecule has 0 unspecified atom stereocenters. The molecule has 0 saturated carbocycles. The predicted octanol–water partition coefficient (Wildman–Crippen LogP) is 3.66. The van der Waals surface area contributed by atoms with E-state index >= 15 is 0 Å². The fourth-order valence-corrected chi connectivity index (χ4v) is 4.18. The van der Waals surface area contributed by atoms with E-state index in [-0.39, 0.29) is 39.3 Å². The molecule has 13 heteroatoms. The first-order valence-corrected chi connectivity index (χ1v) is 11.9. The first kappa shape index (κ1) is 27.6. The van der Waals surface area contributed by atoms with Crippen LogP contribution >= 0.6 is 23.4 Å². The zero-order valence-electron chi connectivity index (χ0n) is 19.6. The van der Waals surface area contributed by atoms with E-state index in [0.29, 0.717) is 17.3 Å². The molecule has 194 valence electrons. The summed E-state index contributed by atoms with van der Waals surface area (Å²) < 4.78 is 15.3. The number of thioether (sulfide) groups is 1. The minimum absolute atomic E-state index is 0.0434. The van der Waals surface area contributed by atoms with Crippen molar-refractivity contribution in [3.05, 3.63) is 57.5 Å². The van der Waals surface area contributed by atoms with E-state index in [1.54, 1.807) is 19.1 Å². The van der Waals surface area contributed by atoms with E-state index in [2.05, 4.69) is 10.1 Å². The number of hydrogen-bond acceptors (Lipinski definition) is 9. The Kier molecular flexibility index (Phi) is 9.15. The Balaban J connectivity index is 1.72. The van der Waals surface area contributed by atoms with Crippen LogP contribution in [0.1, 0.15) is 22.8 Å². The smallest absolute Gasteiger partial charge is 0.341 e. The van der Waals surface area contributed by atoms with Crippen LogP contribution in [0.2, 0.25) is 5.02 Å². The number of benzene rings is 2. The van der Waals surface area contributed by atoms with E-state index in [4.69, 9.17) is 26.2 Å². The van der Waals surface area contributed by atoms with Crippen LogP contribution in [0.4, 0.5) is 10.5 Å². The Morgan fingerprint density at radius 1 is 1.11 bits per heavy atom. The summed E-state index contributed by atoms with van der Waals surface area (Å²) in [4.78, 5) is 61.2. The number of carbonyl (C=O) groups is 5. The van der Waals surface area contributed by atoms with Crippen LogP contribution < -0.4 is 14.8 Å². The number of ether oxygens (including phenoxy) is 3. The number of carboxylic acid groups (broad SMARTS) is 1. The van der Waals surface area contributed by atoms with Crippen molar-refractivity contribution in [2.75, 3.05) is 32.2 Å². The number of hydrogen-bond donors (Lipinski definition) is 2. The van der Waals surface area contributed by atoms with Crippen LogP contribution in [0.25, 0.3) is 6.08 Å². The standard InChI is InChI=1S/C24H21ClN2O9S/c1-3-35-18-8-13(4-7-17(18)36-12-21(29)30)9-19-22(31)27(24(33)37-19)11-20(28)26-14-5-6-16(25)15(10-14)23(32)34-2/h4-10H,3,11-12H2,1-2H3,(H,26,28)(H,29,30). The Morgan fingerprint density at radius 3 is 2.54 bits per heavy atom. The summed E-state index contributed by atoms with van der Waals surface area (Å²) >= 11 is 6.63. The molecular weight excluding hydrogens is 528 g/mol. The molecule has 1 saturated heterocycles. The molecule has 0 bridgehead atoms. The van der Waals surface area contributed by atoms with Crippen molar-refractivity contribution in [1.82, 2.24) is 4.90 Å². The molecule has 2 N–H and O–H groups in total. The summed E-state index contributed by atoms with van der Waals surface area (Å²) in [7, 11) is 1.19. The van der Waals surface area contributed by atoms with Crippen LogP contribution in [-0.4, -0.2) is 65.9 Å². The summed E-state index contributed by atoms with van der Waals surface area (Å²) in [5.41, 5.74) is 0.769. The van der Waals surface area contributed by atoms with Crippen LogP contribution in [0.3, 0.4) is 0 Å². The summed E-state index contributed by atoms with van der Waals surface area (Å²) in [6.45, 7) is 0.919. The SMILES string of the molecule is CCOc1cc(C=C2SC(=O)N(CC(=O)Nc3ccc(Cl)c(C(=O)OC)c3)C2=O)ccc1OCC(=O)O. The Labute approximate surface area is 220 Å². The number of aliphatic carboxylic acids is 1. The Hall–Kier alpha value is -4.03. The fraction of sp³-hybridized carbons (Fsp3) is 0.208. The van der Waals surface area contributed by atoms with Gasteiger partial charge in [0.2, 0.25) is 5.91 Å². The zero-order valence-corrected chi connectivity index (χ0v) is 21.2. The molecule has 0 atom stereocenters. The number of nitrogens with zero attached hydrogens (tertiary/aromatic N) is 1. The lowest BCUT2D eigenvalue weighted by Crippen LogP contribution is -2.36. The number of rotatable bonds is 10. The lowest BCUT2D eigenvalue weighted by atomic mass is 10.2. The van der Waals surface area contributed by atoms with Gasteiger partial charge in [-0.05, 0) is 60.7 Å². The van der Waals surface area contributed by atoms with Crippen LogP contribution in [0.5, 0.6) is 11.5 Å². The van der Waals surface area contributed by atoms with Gasteiger partial charge in [-0.2, -0.15) is 0 Å². The van der Waals surface area contributed by atoms with Gasteiger partial charge in [0, 0.05) is 5.69 Å². The second-order valence-corrected chi connectivity index (χ2v) is 8.72. The molecule has 0 aliphatic carbocycles. The number of methoxy groups -OCH3 is 1. The number of carboxylic acids is 1. The van der Waals surface area contributed by atoms with Gasteiger partial charge in [0.15, 0.2) is 18.1 Å². The van der Waals surface area contributed by atoms with Gasteiger partial charge in [0.1, 0.15) is 6.54 Å². The topological polar surface area (TPSA) is 149 Å². The molecule has 3 amide bonds. The highest BCUT2D eigenvalue weighted by atomic mass is 35.5. The lowest BCUT2D eigenvalue weighted by Gasteiger charge is -2.13. The van der Waals surface area contributed by atoms with E-state index in [1.807, 2.05) is 0 Å². The second-order valence-electron chi connectivity index (χ2n) is 7.32. The molecule has 1 aliphatic rings. The van der Waals surface area contributed by atoms with Crippen molar-refractivity contribution in [3.8, 4) is 11.5 Å². The van der Waals surface area contributed by atoms with Crippen LogP contribution in [0, 0.1) is 0 Å². The van der Waals surface area contributed by atoms with Gasteiger partial charge in [-0.15, -0.1) is 0 Å². The molecule has 2 aromatic carbocycles. The first-order chi connectivity index (χ1) is 17.6. The number of amides is 3. The van der Waals surface area contributed by atoms with E-state index in [1.165, 1.54) is 37.5 Å². The zero-order chi connectivity index (χ0) is 27.1. The third-order valence-corrected chi connectivity index (χ3v) is 5.98. The lowest BCUT2D eigenvalue weighted by molar-refractivity contribution is -0.139. The summed E-state index contributed by atoms with van der Waals surface area (Å²) in [5, 5.41) is 10.8. The van der Waals surface area contributed by atoms with Gasteiger partial charge in [-0.3, -0.25) is 19.3 Å². The summed E-state index contributed by atoms with van der Waals surface area (Å²) in [6.07, 6.45) is 1.45. The fourth-order valence-electron chi connectivity index (χ4n) is 3.14. The number of halogens is 1. The van der Waals surface area contributed by atoms with Gasteiger partial charge in [-0.1, -0.05) is 17.7 Å². The highest BCUT2D eigenvalue weighted by Gasteiger charge is 2.36. The Morgan fingerprint density at radius 2 is 1.86 bits per heavy atom. The molecule has 0 spiro atoms. The third kappa shape index (κ3) is 7.02. The number of carbonyl (C=O) groups excluding carboxylic acids is 4. The van der Waals surface area contributed by atoms with Crippen LogP contribution in [0.15, 0.2) is 41.3 Å². The maximum Gasteiger partial charge on any atom is 0.341 e. The van der Waals surface area contributed by atoms with Gasteiger partial charge in [-0.25, -0.2) is 9.59 Å². The molecule has 0 radical (unpaired) electrons. The average molecular weight is 549 g/mol. The van der Waals surface area contributed by atoms with E-state index in [0.717, 1.165) is 4.90 Å². The average Bonchev–Trinajstić information content (AvgIpc) is 3.11. The molecule has 37 heavy (non-hydrogen) atoms. The maximum atomic E-state index is 12.8. The van der Waals surface area contributed by atoms with Crippen molar-refractivity contribution < 1.29 is 43.3 Å². The normalized spacial score (nSPS) is 14.0. The molecule has 0 aromatic heterocycles. The van der Waals surface area contributed by atoms with Crippen LogP contribution in [-0.2, 0) is 19.1 Å². The van der Waals surface area contributed by atoms with Crippen molar-refractivity contribution in [1.29, 1.82) is 0 Å². The Bertz CT molecular complexity index is 1290. The number of esters is 1. The van der Waals surface area contributed by atoms with Crippen molar-refractivity contribution >= 4 is 64.1 Å². The predicted molar refractivity (Wildman–Crippen MR) is 135 cm³/mol. The third-order valence-electron chi connectivity index (χ3n) is 4.75. The van der Waals surface area contributed by atoms with Gasteiger partial charge < -0.3 is 24.6 Å². The molecule has 1 fully saturated rings. The minimum atomic E-state index is -1.15. The summed E-state index contributed by atoms with van der Waals surface area (Å²) in [6, 6.07) is 8.79. The number of anilines is 1. The molecule has 1 heterocycles. The van der Waals surface area contributed by atoms with Crippen molar-refractivity contribution in [3.63, 3.8) is 0 Å². The van der Waals surface area contributed by atoms with Crippen molar-refractivity contribution in [2.24, 2.45) is 0 Å². The largest absolute Gasteiger partial charge is 0.490 e. The highest BCUT2D eigenvalue weighted by Crippen LogP contribution is 2.34. The summed E-state index contributed by atoms with van der Waals surface area (Å²) in [5.74, 6) is -2.69. The molecule has 2 aromatic rings. The molecule has 11 nitrogen and oxygen atoms in total. The quantitative estimate of drug-likeness (QED) is 0.332. The monoisotopic (exact) mass is 548 g/mol. The molecular formula is C24H21ClN2O9S. The molecule has 3 rings (SSSR count).